The highest BCUT2D eigenvalue weighted by molar-refractivity contribution is 6.10. The SMILES string of the molecule is COc1ccc(NC(=NCc2ccccn2)NC(=O)c2ccc(NC(C)=O)cc2)cc1. The van der Waals surface area contributed by atoms with Gasteiger partial charge in [-0.15, -0.1) is 0 Å². The molecule has 8 heteroatoms. The van der Waals surface area contributed by atoms with Crippen molar-refractivity contribution in [3.05, 3.63) is 84.2 Å². The Kier molecular flexibility index (Phi) is 7.31. The Morgan fingerprint density at radius 2 is 1.61 bits per heavy atom. The number of hydrogen-bond donors (Lipinski definition) is 3. The molecule has 31 heavy (non-hydrogen) atoms. The van der Waals surface area contributed by atoms with Crippen molar-refractivity contribution in [2.45, 2.75) is 13.5 Å². The Morgan fingerprint density at radius 1 is 0.935 bits per heavy atom. The topological polar surface area (TPSA) is 105 Å². The first-order valence-electron chi connectivity index (χ1n) is 9.58. The van der Waals surface area contributed by atoms with Gasteiger partial charge in [0.25, 0.3) is 5.91 Å². The van der Waals surface area contributed by atoms with Crippen LogP contribution < -0.4 is 20.7 Å². The van der Waals surface area contributed by atoms with Crippen LogP contribution in [0.3, 0.4) is 0 Å². The number of guanidine groups is 1. The van der Waals surface area contributed by atoms with E-state index < -0.39 is 0 Å². The third-order valence-corrected chi connectivity index (χ3v) is 4.18. The fraction of sp³-hybridized carbons (Fsp3) is 0.130. The molecule has 3 aromatic rings. The molecule has 0 aliphatic carbocycles. The number of rotatable bonds is 6. The van der Waals surface area contributed by atoms with Gasteiger partial charge in [0, 0.05) is 30.1 Å². The van der Waals surface area contributed by atoms with Crippen LogP contribution in [0.4, 0.5) is 11.4 Å². The summed E-state index contributed by atoms with van der Waals surface area (Å²) in [6.07, 6.45) is 1.69. The maximum absolute atomic E-state index is 12.7. The Balaban J connectivity index is 1.75. The lowest BCUT2D eigenvalue weighted by atomic mass is 10.2. The molecule has 2 amide bonds. The average molecular weight is 417 g/mol. The maximum Gasteiger partial charge on any atom is 0.257 e. The quantitative estimate of drug-likeness (QED) is 0.421. The number of aliphatic imine (C=N–C) groups is 1. The number of benzene rings is 2. The van der Waals surface area contributed by atoms with E-state index in [-0.39, 0.29) is 17.8 Å². The lowest BCUT2D eigenvalue weighted by Gasteiger charge is -2.12. The summed E-state index contributed by atoms with van der Waals surface area (Å²) < 4.78 is 5.17. The zero-order chi connectivity index (χ0) is 22.1. The van der Waals surface area contributed by atoms with E-state index in [1.807, 2.05) is 30.3 Å². The Bertz CT molecular complexity index is 1050. The van der Waals surface area contributed by atoms with Gasteiger partial charge in [-0.05, 0) is 60.7 Å². The predicted octanol–water partition coefficient (Wildman–Crippen LogP) is 3.45. The van der Waals surface area contributed by atoms with Crippen LogP contribution in [0, 0.1) is 0 Å². The highest BCUT2D eigenvalue weighted by Gasteiger charge is 2.10. The van der Waals surface area contributed by atoms with Gasteiger partial charge >= 0.3 is 0 Å². The molecule has 0 unspecified atom stereocenters. The molecule has 0 radical (unpaired) electrons. The van der Waals surface area contributed by atoms with Crippen LogP contribution in [-0.2, 0) is 11.3 Å². The molecule has 0 fully saturated rings. The molecule has 2 aromatic carbocycles. The van der Waals surface area contributed by atoms with Gasteiger partial charge in [0.15, 0.2) is 0 Å². The van der Waals surface area contributed by atoms with Crippen molar-refractivity contribution >= 4 is 29.1 Å². The van der Waals surface area contributed by atoms with Crippen molar-refractivity contribution in [1.29, 1.82) is 0 Å². The van der Waals surface area contributed by atoms with E-state index in [0.29, 0.717) is 17.8 Å². The van der Waals surface area contributed by atoms with E-state index in [4.69, 9.17) is 4.74 Å². The van der Waals surface area contributed by atoms with Gasteiger partial charge in [0.2, 0.25) is 11.9 Å². The lowest BCUT2D eigenvalue weighted by Crippen LogP contribution is -2.36. The first-order valence-corrected chi connectivity index (χ1v) is 9.58. The molecule has 0 saturated carbocycles. The van der Waals surface area contributed by atoms with E-state index in [1.165, 1.54) is 6.92 Å². The maximum atomic E-state index is 12.7. The lowest BCUT2D eigenvalue weighted by molar-refractivity contribution is -0.114. The third kappa shape index (κ3) is 6.67. The second-order valence-electron chi connectivity index (χ2n) is 6.55. The van der Waals surface area contributed by atoms with E-state index in [2.05, 4.69) is 25.9 Å². The molecule has 0 spiro atoms. The number of aromatic nitrogens is 1. The molecule has 1 aromatic heterocycles. The van der Waals surface area contributed by atoms with Gasteiger partial charge in [0.1, 0.15) is 5.75 Å². The van der Waals surface area contributed by atoms with Crippen LogP contribution in [0.25, 0.3) is 0 Å². The van der Waals surface area contributed by atoms with E-state index >= 15 is 0 Å². The van der Waals surface area contributed by atoms with Crippen molar-refractivity contribution in [2.24, 2.45) is 4.99 Å². The number of nitrogens with zero attached hydrogens (tertiary/aromatic N) is 2. The van der Waals surface area contributed by atoms with Crippen LogP contribution in [0.15, 0.2) is 77.9 Å². The molecular formula is C23H23N5O3. The van der Waals surface area contributed by atoms with Crippen LogP contribution in [0.1, 0.15) is 23.0 Å². The largest absolute Gasteiger partial charge is 0.497 e. The van der Waals surface area contributed by atoms with Gasteiger partial charge in [-0.1, -0.05) is 6.07 Å². The normalized spacial score (nSPS) is 10.8. The number of ether oxygens (including phenoxy) is 1. The second-order valence-corrected chi connectivity index (χ2v) is 6.55. The summed E-state index contributed by atoms with van der Waals surface area (Å²) in [7, 11) is 1.60. The van der Waals surface area contributed by atoms with Gasteiger partial charge in [0.05, 0.1) is 19.3 Å². The molecule has 0 bridgehead atoms. The molecule has 158 valence electrons. The highest BCUT2D eigenvalue weighted by Crippen LogP contribution is 2.15. The van der Waals surface area contributed by atoms with Gasteiger partial charge in [-0.2, -0.15) is 0 Å². The molecule has 3 N–H and O–H groups in total. The summed E-state index contributed by atoms with van der Waals surface area (Å²) in [6, 6.07) is 19.4. The molecule has 0 aliphatic rings. The van der Waals surface area contributed by atoms with E-state index in [1.54, 1.807) is 49.7 Å². The Hall–Kier alpha value is -4.20. The fourth-order valence-corrected chi connectivity index (χ4v) is 2.66. The first kappa shape index (κ1) is 21.5. The zero-order valence-corrected chi connectivity index (χ0v) is 17.3. The Morgan fingerprint density at radius 3 is 2.23 bits per heavy atom. The number of amides is 2. The fourth-order valence-electron chi connectivity index (χ4n) is 2.66. The molecule has 0 atom stereocenters. The number of carbonyl (C=O) groups is 2. The summed E-state index contributed by atoms with van der Waals surface area (Å²) in [5, 5.41) is 8.58. The summed E-state index contributed by atoms with van der Waals surface area (Å²) in [5.74, 6) is 0.493. The summed E-state index contributed by atoms with van der Waals surface area (Å²) in [4.78, 5) is 32.6. The number of nitrogens with one attached hydrogen (secondary N) is 3. The first-order chi connectivity index (χ1) is 15.0. The van der Waals surface area contributed by atoms with E-state index in [0.717, 1.165) is 17.1 Å². The number of carbonyl (C=O) groups excluding carboxylic acids is 2. The summed E-state index contributed by atoms with van der Waals surface area (Å²) in [5.41, 5.74) is 2.55. The minimum Gasteiger partial charge on any atom is -0.497 e. The monoisotopic (exact) mass is 417 g/mol. The second kappa shape index (κ2) is 10.5. The minimum absolute atomic E-state index is 0.176. The van der Waals surface area contributed by atoms with Gasteiger partial charge in [-0.3, -0.25) is 19.9 Å². The van der Waals surface area contributed by atoms with Crippen LogP contribution in [0.2, 0.25) is 0 Å². The van der Waals surface area contributed by atoms with Crippen molar-refractivity contribution in [2.75, 3.05) is 17.7 Å². The van der Waals surface area contributed by atoms with E-state index in [9.17, 15) is 9.59 Å². The molecule has 1 heterocycles. The van der Waals surface area contributed by atoms with Crippen LogP contribution in [0.5, 0.6) is 5.75 Å². The number of anilines is 2. The minimum atomic E-state index is -0.338. The third-order valence-electron chi connectivity index (χ3n) is 4.18. The van der Waals surface area contributed by atoms with Crippen LogP contribution in [-0.4, -0.2) is 29.9 Å². The smallest absolute Gasteiger partial charge is 0.257 e. The molecule has 3 rings (SSSR count). The number of pyridine rings is 1. The summed E-state index contributed by atoms with van der Waals surface area (Å²) in [6.45, 7) is 1.72. The molecule has 0 saturated heterocycles. The Labute approximate surface area is 180 Å². The molecule has 8 nitrogen and oxygen atoms in total. The number of hydrogen-bond acceptors (Lipinski definition) is 5. The summed E-state index contributed by atoms with van der Waals surface area (Å²) >= 11 is 0. The number of methoxy groups -OCH3 is 1. The van der Waals surface area contributed by atoms with Crippen molar-refractivity contribution in [3.8, 4) is 5.75 Å². The van der Waals surface area contributed by atoms with Crippen molar-refractivity contribution in [1.82, 2.24) is 10.3 Å². The predicted molar refractivity (Wildman–Crippen MR) is 120 cm³/mol. The van der Waals surface area contributed by atoms with Gasteiger partial charge in [-0.25, -0.2) is 4.99 Å². The average Bonchev–Trinajstić information content (AvgIpc) is 2.78. The molecule has 0 aliphatic heterocycles. The molecular weight excluding hydrogens is 394 g/mol. The van der Waals surface area contributed by atoms with Crippen LogP contribution >= 0.6 is 0 Å². The zero-order valence-electron chi connectivity index (χ0n) is 17.3. The van der Waals surface area contributed by atoms with Crippen molar-refractivity contribution in [3.63, 3.8) is 0 Å². The van der Waals surface area contributed by atoms with Gasteiger partial charge < -0.3 is 15.4 Å². The highest BCUT2D eigenvalue weighted by atomic mass is 16.5. The van der Waals surface area contributed by atoms with Crippen molar-refractivity contribution < 1.29 is 14.3 Å². The standard InChI is InChI=1S/C23H23N5O3/c1-16(29)26-18-8-6-17(7-9-18)22(30)28-23(25-15-20-5-3-4-14-24-20)27-19-10-12-21(31-2)13-11-19/h3-14H,15H2,1-2H3,(H,26,29)(H2,25,27,28,30).